The molecule has 0 radical (unpaired) electrons. The Morgan fingerprint density at radius 2 is 1.89 bits per heavy atom. The monoisotopic (exact) mass is 270 g/mol. The molecule has 1 aliphatic heterocycles. The number of aliphatic carboxylic acids is 1. The zero-order chi connectivity index (χ0) is 14.5. The molecule has 1 fully saturated rings. The fraction of sp³-hybridized carbons (Fsp3) is 0.933. The molecule has 4 nitrogen and oxygen atoms in total. The number of carbonyl (C=O) groups is 1. The number of carboxylic acids is 1. The van der Waals surface area contributed by atoms with Crippen LogP contribution < -0.4 is 5.32 Å². The van der Waals surface area contributed by atoms with Crippen LogP contribution in [0.2, 0.25) is 0 Å². The van der Waals surface area contributed by atoms with Crippen molar-refractivity contribution in [2.45, 2.75) is 52.5 Å². The van der Waals surface area contributed by atoms with Crippen molar-refractivity contribution < 1.29 is 9.90 Å². The fourth-order valence-corrected chi connectivity index (χ4v) is 2.91. The minimum atomic E-state index is -0.764. The molecule has 1 rings (SSSR count). The smallest absolute Gasteiger partial charge is 0.323 e. The van der Waals surface area contributed by atoms with Gasteiger partial charge in [-0.15, -0.1) is 0 Å². The average Bonchev–Trinajstić information content (AvgIpc) is 2.65. The van der Waals surface area contributed by atoms with Crippen LogP contribution in [0.4, 0.5) is 0 Å². The first-order valence-electron chi connectivity index (χ1n) is 7.60. The number of hydrogen-bond acceptors (Lipinski definition) is 3. The van der Waals surface area contributed by atoms with Crippen LogP contribution in [0, 0.1) is 11.8 Å². The highest BCUT2D eigenvalue weighted by atomic mass is 16.4. The number of unbranched alkanes of at least 4 members (excludes halogenated alkanes) is 1. The largest absolute Gasteiger partial charge is 0.480 e. The average molecular weight is 270 g/mol. The molecule has 0 saturated carbocycles. The number of rotatable bonds is 8. The van der Waals surface area contributed by atoms with Crippen molar-refractivity contribution in [1.29, 1.82) is 0 Å². The normalized spacial score (nSPS) is 27.4. The van der Waals surface area contributed by atoms with E-state index in [-0.39, 0.29) is 0 Å². The first kappa shape index (κ1) is 16.4. The molecule has 3 unspecified atom stereocenters. The molecule has 2 N–H and O–H groups in total. The lowest BCUT2D eigenvalue weighted by molar-refractivity contribution is -0.144. The third kappa shape index (κ3) is 4.77. The minimum Gasteiger partial charge on any atom is -0.480 e. The second-order valence-corrected chi connectivity index (χ2v) is 6.34. The molecule has 19 heavy (non-hydrogen) atoms. The molecule has 0 spiro atoms. The summed E-state index contributed by atoms with van der Waals surface area (Å²) >= 11 is 0. The van der Waals surface area contributed by atoms with Crippen molar-refractivity contribution in [3.05, 3.63) is 0 Å². The van der Waals surface area contributed by atoms with Crippen LogP contribution >= 0.6 is 0 Å². The van der Waals surface area contributed by atoms with Crippen LogP contribution in [-0.4, -0.2) is 47.7 Å². The number of nitrogens with zero attached hydrogens (tertiary/aromatic N) is 1. The summed E-state index contributed by atoms with van der Waals surface area (Å²) in [5, 5.41) is 12.4. The summed E-state index contributed by atoms with van der Waals surface area (Å²) in [7, 11) is 0. The topological polar surface area (TPSA) is 52.6 Å². The van der Waals surface area contributed by atoms with E-state index < -0.39 is 11.5 Å². The van der Waals surface area contributed by atoms with Gasteiger partial charge in [-0.05, 0) is 51.1 Å². The number of nitrogens with one attached hydrogen (secondary N) is 1. The van der Waals surface area contributed by atoms with Gasteiger partial charge in [0.15, 0.2) is 0 Å². The predicted octanol–water partition coefficient (Wildman–Crippen LogP) is 2.20. The summed E-state index contributed by atoms with van der Waals surface area (Å²) in [6.45, 7) is 12.6. The highest BCUT2D eigenvalue weighted by Gasteiger charge is 2.31. The molecular formula is C15H30N2O2. The second-order valence-electron chi connectivity index (χ2n) is 6.34. The highest BCUT2D eigenvalue weighted by molar-refractivity contribution is 5.78. The van der Waals surface area contributed by atoms with Gasteiger partial charge >= 0.3 is 5.97 Å². The Morgan fingerprint density at radius 1 is 1.32 bits per heavy atom. The van der Waals surface area contributed by atoms with E-state index in [1.54, 1.807) is 6.92 Å². The van der Waals surface area contributed by atoms with Gasteiger partial charge in [0.25, 0.3) is 0 Å². The first-order valence-corrected chi connectivity index (χ1v) is 7.60. The van der Waals surface area contributed by atoms with Crippen molar-refractivity contribution in [3.8, 4) is 0 Å². The maximum atomic E-state index is 11.3. The van der Waals surface area contributed by atoms with Crippen LogP contribution in [0.1, 0.15) is 47.0 Å². The summed E-state index contributed by atoms with van der Waals surface area (Å²) < 4.78 is 0. The Bertz CT molecular complexity index is 286. The quantitative estimate of drug-likeness (QED) is 0.664. The predicted molar refractivity (Wildman–Crippen MR) is 78.3 cm³/mol. The van der Waals surface area contributed by atoms with Gasteiger partial charge in [-0.3, -0.25) is 4.79 Å². The molecule has 0 aliphatic carbocycles. The van der Waals surface area contributed by atoms with Crippen LogP contribution in [0.25, 0.3) is 0 Å². The SMILES string of the molecule is CCNC(C)(CCCCN1CC(C)C(C)C1)C(=O)O. The van der Waals surface area contributed by atoms with Gasteiger partial charge in [-0.2, -0.15) is 0 Å². The standard InChI is InChI=1S/C15H30N2O2/c1-5-16-15(4,14(18)19)8-6-7-9-17-10-12(2)13(3)11-17/h12-13,16H,5-11H2,1-4H3,(H,18,19). The van der Waals surface area contributed by atoms with Gasteiger partial charge in [0.2, 0.25) is 0 Å². The lowest BCUT2D eigenvalue weighted by atomic mass is 9.95. The third-order valence-corrected chi connectivity index (χ3v) is 4.50. The molecular weight excluding hydrogens is 240 g/mol. The van der Waals surface area contributed by atoms with Crippen LogP contribution in [-0.2, 0) is 4.79 Å². The maximum absolute atomic E-state index is 11.3. The molecule has 1 aliphatic rings. The van der Waals surface area contributed by atoms with Crippen molar-refractivity contribution in [1.82, 2.24) is 10.2 Å². The van der Waals surface area contributed by atoms with E-state index in [1.165, 1.54) is 13.1 Å². The van der Waals surface area contributed by atoms with Gasteiger partial charge in [0.1, 0.15) is 5.54 Å². The van der Waals surface area contributed by atoms with E-state index in [1.807, 2.05) is 6.92 Å². The third-order valence-electron chi connectivity index (χ3n) is 4.50. The fourth-order valence-electron chi connectivity index (χ4n) is 2.91. The van der Waals surface area contributed by atoms with Gasteiger partial charge in [-0.1, -0.05) is 20.8 Å². The van der Waals surface area contributed by atoms with Crippen LogP contribution in [0.15, 0.2) is 0 Å². The molecule has 0 aromatic rings. The zero-order valence-electron chi connectivity index (χ0n) is 12.9. The van der Waals surface area contributed by atoms with Crippen molar-refractivity contribution >= 4 is 5.97 Å². The minimum absolute atomic E-state index is 0.698. The molecule has 3 atom stereocenters. The van der Waals surface area contributed by atoms with Crippen molar-refractivity contribution in [2.75, 3.05) is 26.2 Å². The maximum Gasteiger partial charge on any atom is 0.323 e. The first-order chi connectivity index (χ1) is 8.89. The molecule has 0 amide bonds. The number of carboxylic acid groups (broad SMARTS) is 1. The van der Waals surface area contributed by atoms with Gasteiger partial charge in [0.05, 0.1) is 0 Å². The highest BCUT2D eigenvalue weighted by Crippen LogP contribution is 2.22. The second kappa shape index (κ2) is 7.25. The molecule has 0 aromatic heterocycles. The van der Waals surface area contributed by atoms with E-state index in [0.29, 0.717) is 13.0 Å². The van der Waals surface area contributed by atoms with E-state index in [2.05, 4.69) is 24.1 Å². The van der Waals surface area contributed by atoms with E-state index in [9.17, 15) is 9.90 Å². The molecule has 112 valence electrons. The van der Waals surface area contributed by atoms with Gasteiger partial charge in [0, 0.05) is 13.1 Å². The Labute approximate surface area is 117 Å². The molecule has 1 saturated heterocycles. The summed E-state index contributed by atoms with van der Waals surface area (Å²) in [6.07, 6.45) is 2.76. The van der Waals surface area contributed by atoms with E-state index in [0.717, 1.165) is 31.2 Å². The number of likely N-dealkylation sites (N-methyl/N-ethyl adjacent to an activating group) is 1. The Kier molecular flexibility index (Phi) is 6.27. The molecule has 1 heterocycles. The van der Waals surface area contributed by atoms with Crippen molar-refractivity contribution in [2.24, 2.45) is 11.8 Å². The zero-order valence-corrected chi connectivity index (χ0v) is 12.9. The number of hydrogen-bond donors (Lipinski definition) is 2. The summed E-state index contributed by atoms with van der Waals surface area (Å²) in [6, 6.07) is 0. The lowest BCUT2D eigenvalue weighted by Crippen LogP contribution is -2.49. The lowest BCUT2D eigenvalue weighted by Gasteiger charge is -2.26. The molecule has 4 heteroatoms. The Hall–Kier alpha value is -0.610. The Morgan fingerprint density at radius 3 is 2.37 bits per heavy atom. The van der Waals surface area contributed by atoms with Crippen LogP contribution in [0.3, 0.4) is 0 Å². The molecule has 0 bridgehead atoms. The molecule has 0 aromatic carbocycles. The Balaban J connectivity index is 2.24. The van der Waals surface area contributed by atoms with Gasteiger partial charge in [-0.25, -0.2) is 0 Å². The van der Waals surface area contributed by atoms with Crippen LogP contribution in [0.5, 0.6) is 0 Å². The van der Waals surface area contributed by atoms with Crippen molar-refractivity contribution in [3.63, 3.8) is 0 Å². The summed E-state index contributed by atoms with van der Waals surface area (Å²) in [4.78, 5) is 13.8. The van der Waals surface area contributed by atoms with Gasteiger partial charge < -0.3 is 15.3 Å². The van der Waals surface area contributed by atoms with E-state index >= 15 is 0 Å². The number of likely N-dealkylation sites (tertiary alicyclic amines) is 1. The summed E-state index contributed by atoms with van der Waals surface area (Å²) in [5.74, 6) is 0.856. The summed E-state index contributed by atoms with van der Waals surface area (Å²) in [5.41, 5.74) is -0.764. The van der Waals surface area contributed by atoms with E-state index in [4.69, 9.17) is 0 Å².